The number of amides is 4. The minimum absolute atomic E-state index is 0.0942. The molecule has 0 saturated carbocycles. The molecule has 0 spiro atoms. The van der Waals surface area contributed by atoms with Gasteiger partial charge in [0, 0.05) is 24.4 Å². The topological polar surface area (TPSA) is 91.4 Å². The number of carbonyl (C=O) groups excluding carboxylic acids is 3. The number of rotatable bonds is 6. The van der Waals surface area contributed by atoms with Gasteiger partial charge in [-0.05, 0) is 6.42 Å². The summed E-state index contributed by atoms with van der Waals surface area (Å²) in [5.41, 5.74) is 1.88. The number of benzene rings is 1. The average Bonchev–Trinajstić information content (AvgIpc) is 3.19. The first-order chi connectivity index (χ1) is 12.0. The highest BCUT2D eigenvalue weighted by Crippen LogP contribution is 2.23. The molecule has 0 aliphatic carbocycles. The van der Waals surface area contributed by atoms with Crippen LogP contribution in [-0.4, -0.2) is 40.8 Å². The van der Waals surface area contributed by atoms with Crippen LogP contribution >= 0.6 is 11.3 Å². The lowest BCUT2D eigenvalue weighted by molar-refractivity contribution is -0.130. The maximum absolute atomic E-state index is 12.2. The standard InChI is InChI=1S/C17H18N4O3S/c1-21(14(22)8-7-13-15(23)20-17(24)19-13)9-12-10-25-16(18-12)11-5-3-2-4-6-11/h2-6,10,13H,7-9H2,1H3,(H2,19,20,23,24)/t13-/m0/s1. The van der Waals surface area contributed by atoms with E-state index in [4.69, 9.17) is 0 Å². The maximum Gasteiger partial charge on any atom is 0.322 e. The zero-order chi connectivity index (χ0) is 17.8. The third-order valence-electron chi connectivity index (χ3n) is 3.90. The van der Waals surface area contributed by atoms with E-state index >= 15 is 0 Å². The van der Waals surface area contributed by atoms with Gasteiger partial charge in [0.1, 0.15) is 11.0 Å². The molecule has 25 heavy (non-hydrogen) atoms. The van der Waals surface area contributed by atoms with Crippen molar-refractivity contribution in [2.45, 2.75) is 25.4 Å². The Morgan fingerprint density at radius 2 is 2.04 bits per heavy atom. The number of nitrogens with one attached hydrogen (secondary N) is 2. The van der Waals surface area contributed by atoms with Crippen LogP contribution in [0.4, 0.5) is 4.79 Å². The van der Waals surface area contributed by atoms with Gasteiger partial charge in [0.25, 0.3) is 5.91 Å². The predicted molar refractivity (Wildman–Crippen MR) is 93.7 cm³/mol. The smallest absolute Gasteiger partial charge is 0.322 e. The van der Waals surface area contributed by atoms with Crippen molar-refractivity contribution in [1.82, 2.24) is 20.5 Å². The predicted octanol–water partition coefficient (Wildman–Crippen LogP) is 1.76. The highest BCUT2D eigenvalue weighted by molar-refractivity contribution is 7.13. The monoisotopic (exact) mass is 358 g/mol. The van der Waals surface area contributed by atoms with Gasteiger partial charge in [-0.15, -0.1) is 11.3 Å². The molecule has 1 aliphatic heterocycles. The Hall–Kier alpha value is -2.74. The summed E-state index contributed by atoms with van der Waals surface area (Å²) in [6.45, 7) is 0.408. The molecule has 1 fully saturated rings. The molecule has 3 rings (SSSR count). The van der Waals surface area contributed by atoms with E-state index in [1.165, 1.54) is 0 Å². The molecule has 0 unspecified atom stereocenters. The number of carbonyl (C=O) groups is 3. The lowest BCUT2D eigenvalue weighted by Gasteiger charge is -2.16. The minimum atomic E-state index is -0.631. The van der Waals surface area contributed by atoms with E-state index in [2.05, 4.69) is 15.6 Å². The van der Waals surface area contributed by atoms with Gasteiger partial charge in [-0.3, -0.25) is 14.9 Å². The number of nitrogens with zero attached hydrogens (tertiary/aromatic N) is 2. The summed E-state index contributed by atoms with van der Waals surface area (Å²) in [7, 11) is 1.71. The van der Waals surface area contributed by atoms with Crippen LogP contribution < -0.4 is 10.6 Å². The maximum atomic E-state index is 12.2. The molecule has 2 heterocycles. The van der Waals surface area contributed by atoms with E-state index in [0.29, 0.717) is 6.54 Å². The van der Waals surface area contributed by atoms with Crippen molar-refractivity contribution in [3.8, 4) is 10.6 Å². The molecule has 1 aromatic heterocycles. The van der Waals surface area contributed by atoms with Crippen LogP contribution in [0, 0.1) is 0 Å². The molecule has 1 saturated heterocycles. The van der Waals surface area contributed by atoms with E-state index in [9.17, 15) is 14.4 Å². The number of urea groups is 1. The third kappa shape index (κ3) is 4.21. The summed E-state index contributed by atoms with van der Waals surface area (Å²) in [6.07, 6.45) is 0.470. The van der Waals surface area contributed by atoms with Gasteiger partial charge >= 0.3 is 6.03 Å². The first-order valence-electron chi connectivity index (χ1n) is 7.88. The van der Waals surface area contributed by atoms with Gasteiger partial charge in [0.05, 0.1) is 12.2 Å². The van der Waals surface area contributed by atoms with Crippen molar-refractivity contribution in [1.29, 1.82) is 0 Å². The summed E-state index contributed by atoms with van der Waals surface area (Å²) in [4.78, 5) is 40.9. The van der Waals surface area contributed by atoms with Gasteiger partial charge in [-0.1, -0.05) is 30.3 Å². The third-order valence-corrected chi connectivity index (χ3v) is 4.84. The lowest BCUT2D eigenvalue weighted by Crippen LogP contribution is -2.32. The van der Waals surface area contributed by atoms with Crippen molar-refractivity contribution in [3.63, 3.8) is 0 Å². The van der Waals surface area contributed by atoms with E-state index in [1.54, 1.807) is 23.3 Å². The van der Waals surface area contributed by atoms with E-state index in [0.717, 1.165) is 16.3 Å². The van der Waals surface area contributed by atoms with Crippen LogP contribution in [0.2, 0.25) is 0 Å². The highest BCUT2D eigenvalue weighted by Gasteiger charge is 2.29. The zero-order valence-electron chi connectivity index (χ0n) is 13.7. The van der Waals surface area contributed by atoms with Gasteiger partial charge in [-0.2, -0.15) is 0 Å². The van der Waals surface area contributed by atoms with Crippen LogP contribution in [0.25, 0.3) is 10.6 Å². The molecule has 1 atom stereocenters. The summed E-state index contributed by atoms with van der Waals surface area (Å²) < 4.78 is 0. The van der Waals surface area contributed by atoms with E-state index in [1.807, 2.05) is 35.7 Å². The van der Waals surface area contributed by atoms with Gasteiger partial charge in [0.15, 0.2) is 0 Å². The number of hydrogen-bond acceptors (Lipinski definition) is 5. The fourth-order valence-electron chi connectivity index (χ4n) is 2.54. The van der Waals surface area contributed by atoms with Crippen LogP contribution in [0.15, 0.2) is 35.7 Å². The van der Waals surface area contributed by atoms with Gasteiger partial charge in [0.2, 0.25) is 5.91 Å². The number of thiazole rings is 1. The molecule has 0 bridgehead atoms. The fourth-order valence-corrected chi connectivity index (χ4v) is 3.36. The molecule has 4 amide bonds. The Morgan fingerprint density at radius 1 is 1.28 bits per heavy atom. The van der Waals surface area contributed by atoms with Crippen molar-refractivity contribution < 1.29 is 14.4 Å². The molecule has 8 heteroatoms. The normalized spacial score (nSPS) is 16.4. The quantitative estimate of drug-likeness (QED) is 0.770. The second kappa shape index (κ2) is 7.43. The van der Waals surface area contributed by atoms with Crippen LogP contribution in [-0.2, 0) is 16.1 Å². The lowest BCUT2D eigenvalue weighted by atomic mass is 10.1. The Morgan fingerprint density at radius 3 is 2.72 bits per heavy atom. The Kier molecular flexibility index (Phi) is 5.08. The molecule has 2 N–H and O–H groups in total. The largest absolute Gasteiger partial charge is 0.340 e. The first-order valence-corrected chi connectivity index (χ1v) is 8.76. The highest BCUT2D eigenvalue weighted by atomic mass is 32.1. The Labute approximate surface area is 149 Å². The van der Waals surface area contributed by atoms with Crippen LogP contribution in [0.3, 0.4) is 0 Å². The van der Waals surface area contributed by atoms with E-state index < -0.39 is 12.1 Å². The summed E-state index contributed by atoms with van der Waals surface area (Å²) >= 11 is 1.54. The first kappa shape index (κ1) is 17.1. The molecule has 0 radical (unpaired) electrons. The second-order valence-corrected chi connectivity index (χ2v) is 6.67. The van der Waals surface area contributed by atoms with E-state index in [-0.39, 0.29) is 24.7 Å². The Bertz CT molecular complexity index is 790. The minimum Gasteiger partial charge on any atom is -0.340 e. The van der Waals surface area contributed by atoms with Gasteiger partial charge < -0.3 is 10.2 Å². The van der Waals surface area contributed by atoms with Crippen molar-refractivity contribution >= 4 is 29.2 Å². The molecule has 1 aliphatic rings. The average molecular weight is 358 g/mol. The molecule has 7 nitrogen and oxygen atoms in total. The SMILES string of the molecule is CN(Cc1csc(-c2ccccc2)n1)C(=O)CC[C@@H]1NC(=O)NC1=O. The van der Waals surface area contributed by atoms with Crippen molar-refractivity contribution in [3.05, 3.63) is 41.4 Å². The number of hydrogen-bond donors (Lipinski definition) is 2. The van der Waals surface area contributed by atoms with Crippen molar-refractivity contribution in [2.75, 3.05) is 7.05 Å². The number of aromatic nitrogens is 1. The molecular formula is C17H18N4O3S. The Balaban J connectivity index is 1.52. The summed E-state index contributed by atoms with van der Waals surface area (Å²) in [6, 6.07) is 8.74. The van der Waals surface area contributed by atoms with Crippen LogP contribution in [0.1, 0.15) is 18.5 Å². The summed E-state index contributed by atoms with van der Waals surface area (Å²) in [5, 5.41) is 7.50. The molecule has 1 aromatic carbocycles. The molecular weight excluding hydrogens is 340 g/mol. The summed E-state index contributed by atoms with van der Waals surface area (Å²) in [5.74, 6) is -0.476. The van der Waals surface area contributed by atoms with Crippen molar-refractivity contribution in [2.24, 2.45) is 0 Å². The fraction of sp³-hybridized carbons (Fsp3) is 0.294. The van der Waals surface area contributed by atoms with Gasteiger partial charge in [-0.25, -0.2) is 9.78 Å². The molecule has 2 aromatic rings. The molecule has 130 valence electrons. The van der Waals surface area contributed by atoms with Crippen LogP contribution in [0.5, 0.6) is 0 Å². The second-order valence-electron chi connectivity index (χ2n) is 5.81. The number of imide groups is 1. The zero-order valence-corrected chi connectivity index (χ0v) is 14.5.